The van der Waals surface area contributed by atoms with Crippen LogP contribution in [0.25, 0.3) is 0 Å². The summed E-state index contributed by atoms with van der Waals surface area (Å²) in [5.74, 6) is -1.72. The predicted molar refractivity (Wildman–Crippen MR) is 40.3 cm³/mol. The summed E-state index contributed by atoms with van der Waals surface area (Å²) in [5.41, 5.74) is 2.15. The van der Waals surface area contributed by atoms with Crippen LogP contribution in [-0.2, 0) is 14.3 Å². The third-order valence-electron chi connectivity index (χ3n) is 1.43. The fourth-order valence-electron chi connectivity index (χ4n) is 0.835. The van der Waals surface area contributed by atoms with Gasteiger partial charge in [0.2, 0.25) is 0 Å². The number of hydrogen-bond donors (Lipinski definition) is 1. The van der Waals surface area contributed by atoms with Crippen molar-refractivity contribution in [3.63, 3.8) is 0 Å². The molecule has 5 heteroatoms. The second-order valence-corrected chi connectivity index (χ2v) is 2.25. The van der Waals surface area contributed by atoms with Gasteiger partial charge in [0, 0.05) is 6.42 Å². The molecular weight excluding hydrogens is 160 g/mol. The van der Waals surface area contributed by atoms with Crippen LogP contribution in [0, 0.1) is 5.92 Å². The van der Waals surface area contributed by atoms with Gasteiger partial charge in [0.05, 0.1) is 12.8 Å². The zero-order chi connectivity index (χ0) is 8.97. The van der Waals surface area contributed by atoms with E-state index in [0.29, 0.717) is 0 Å². The number of rotatable bonds is 2. The zero-order valence-corrected chi connectivity index (χ0v) is 6.66. The summed E-state index contributed by atoms with van der Waals surface area (Å²) in [4.78, 5) is 22.0. The van der Waals surface area contributed by atoms with E-state index in [1.165, 1.54) is 0 Å². The lowest BCUT2D eigenvalue weighted by Crippen LogP contribution is -2.37. The Morgan fingerprint density at radius 3 is 3.25 bits per heavy atom. The number of esters is 1. The standard InChI is InChI=1S/C7H9N2O3/c1-2-12-7(11)5-3-4-8-9-6(5)10/h5H,2-3H2,1H3,(H,9,10). The van der Waals surface area contributed by atoms with Gasteiger partial charge in [-0.3, -0.25) is 9.59 Å². The highest BCUT2D eigenvalue weighted by Gasteiger charge is 2.29. The van der Waals surface area contributed by atoms with Crippen LogP contribution in [0.5, 0.6) is 0 Å². The van der Waals surface area contributed by atoms with E-state index < -0.39 is 17.8 Å². The van der Waals surface area contributed by atoms with Gasteiger partial charge in [0.1, 0.15) is 5.92 Å². The van der Waals surface area contributed by atoms with Gasteiger partial charge in [-0.15, -0.1) is 0 Å². The van der Waals surface area contributed by atoms with Crippen LogP contribution in [0.4, 0.5) is 0 Å². The second kappa shape index (κ2) is 3.85. The van der Waals surface area contributed by atoms with Crippen molar-refractivity contribution in [3.8, 4) is 0 Å². The molecule has 1 rings (SSSR count). The maximum absolute atomic E-state index is 11.0. The highest BCUT2D eigenvalue weighted by atomic mass is 16.5. The lowest BCUT2D eigenvalue weighted by molar-refractivity contribution is -0.152. The molecule has 0 spiro atoms. The van der Waals surface area contributed by atoms with Crippen molar-refractivity contribution in [2.24, 2.45) is 11.0 Å². The summed E-state index contributed by atoms with van der Waals surface area (Å²) in [7, 11) is 0. The van der Waals surface area contributed by atoms with Crippen LogP contribution in [0.1, 0.15) is 13.3 Å². The van der Waals surface area contributed by atoms with E-state index in [2.05, 4.69) is 21.5 Å². The molecule has 0 aliphatic carbocycles. The van der Waals surface area contributed by atoms with Gasteiger partial charge in [0.25, 0.3) is 5.91 Å². The van der Waals surface area contributed by atoms with E-state index in [-0.39, 0.29) is 13.0 Å². The summed E-state index contributed by atoms with van der Waals surface area (Å²) < 4.78 is 4.67. The van der Waals surface area contributed by atoms with Crippen molar-refractivity contribution in [1.29, 1.82) is 0 Å². The van der Waals surface area contributed by atoms with Gasteiger partial charge < -0.3 is 4.74 Å². The Morgan fingerprint density at radius 1 is 1.92 bits per heavy atom. The van der Waals surface area contributed by atoms with Crippen molar-refractivity contribution in [3.05, 3.63) is 0 Å². The molecule has 0 aromatic heterocycles. The van der Waals surface area contributed by atoms with E-state index >= 15 is 0 Å². The largest absolute Gasteiger partial charge is 0.465 e. The summed E-state index contributed by atoms with van der Waals surface area (Å²) in [5, 5.41) is 3.39. The maximum Gasteiger partial charge on any atom is 0.318 e. The molecule has 0 aromatic rings. The zero-order valence-electron chi connectivity index (χ0n) is 6.66. The first-order valence-electron chi connectivity index (χ1n) is 3.64. The highest BCUT2D eigenvalue weighted by Crippen LogP contribution is 2.07. The molecule has 1 radical (unpaired) electrons. The molecule has 12 heavy (non-hydrogen) atoms. The molecule has 65 valence electrons. The second-order valence-electron chi connectivity index (χ2n) is 2.25. The fraction of sp³-hybridized carbons (Fsp3) is 0.571. The number of carbonyl (C=O) groups excluding carboxylic acids is 2. The Morgan fingerprint density at radius 2 is 2.67 bits per heavy atom. The van der Waals surface area contributed by atoms with E-state index in [1.807, 2.05) is 0 Å². The van der Waals surface area contributed by atoms with Crippen molar-refractivity contribution in [2.45, 2.75) is 13.3 Å². The molecule has 1 N–H and O–H groups in total. The first-order chi connectivity index (χ1) is 5.75. The number of carbonyl (C=O) groups is 2. The van der Waals surface area contributed by atoms with Gasteiger partial charge in [-0.2, -0.15) is 5.10 Å². The smallest absolute Gasteiger partial charge is 0.318 e. The lowest BCUT2D eigenvalue weighted by atomic mass is 10.1. The van der Waals surface area contributed by atoms with E-state index in [0.717, 1.165) is 0 Å². The molecular formula is C7H9N2O3. The Bertz CT molecular complexity index is 225. The van der Waals surface area contributed by atoms with Crippen LogP contribution in [0.3, 0.4) is 0 Å². The summed E-state index contributed by atoms with van der Waals surface area (Å²) >= 11 is 0. The average molecular weight is 169 g/mol. The normalized spacial score (nSPS) is 21.8. The molecule has 1 unspecified atom stereocenters. The van der Waals surface area contributed by atoms with Gasteiger partial charge in [-0.05, 0) is 6.92 Å². The number of nitrogens with one attached hydrogen (secondary N) is 1. The first-order valence-corrected chi connectivity index (χ1v) is 3.64. The molecule has 1 aliphatic rings. The van der Waals surface area contributed by atoms with E-state index in [4.69, 9.17) is 0 Å². The number of hydrogen-bond acceptors (Lipinski definition) is 4. The van der Waals surface area contributed by atoms with Gasteiger partial charge in [-0.25, -0.2) is 5.43 Å². The van der Waals surface area contributed by atoms with Crippen LogP contribution in [-0.4, -0.2) is 24.7 Å². The van der Waals surface area contributed by atoms with E-state index in [1.54, 1.807) is 6.92 Å². The molecule has 1 amide bonds. The Balaban J connectivity index is 2.55. The minimum absolute atomic E-state index is 0.199. The Kier molecular flexibility index (Phi) is 2.79. The third-order valence-corrected chi connectivity index (χ3v) is 1.43. The molecule has 1 heterocycles. The van der Waals surface area contributed by atoms with Gasteiger partial charge in [0.15, 0.2) is 0 Å². The van der Waals surface area contributed by atoms with Crippen LogP contribution in [0.15, 0.2) is 5.10 Å². The third kappa shape index (κ3) is 1.81. The van der Waals surface area contributed by atoms with Gasteiger partial charge >= 0.3 is 5.97 Å². The van der Waals surface area contributed by atoms with Crippen molar-refractivity contribution in [2.75, 3.05) is 6.61 Å². The van der Waals surface area contributed by atoms with Crippen LogP contribution >= 0.6 is 0 Å². The number of ether oxygens (including phenoxy) is 1. The van der Waals surface area contributed by atoms with Crippen molar-refractivity contribution < 1.29 is 14.3 Å². The van der Waals surface area contributed by atoms with Crippen molar-refractivity contribution >= 4 is 18.1 Å². The number of amides is 1. The summed E-state index contributed by atoms with van der Waals surface area (Å²) in [6.45, 7) is 1.97. The quantitative estimate of drug-likeness (QED) is 0.449. The minimum Gasteiger partial charge on any atom is -0.465 e. The summed E-state index contributed by atoms with van der Waals surface area (Å²) in [6.07, 6.45) is 2.70. The monoisotopic (exact) mass is 169 g/mol. The molecule has 1 atom stereocenters. The molecule has 1 aliphatic heterocycles. The Labute approximate surface area is 69.8 Å². The summed E-state index contributed by atoms with van der Waals surface area (Å²) in [6, 6.07) is 0. The van der Waals surface area contributed by atoms with Crippen molar-refractivity contribution in [1.82, 2.24) is 5.43 Å². The molecule has 5 nitrogen and oxygen atoms in total. The average Bonchev–Trinajstić information content (AvgIpc) is 2.05. The predicted octanol–water partition coefficient (Wildman–Crippen LogP) is -0.452. The molecule has 0 saturated carbocycles. The molecule has 0 saturated heterocycles. The van der Waals surface area contributed by atoms with Gasteiger partial charge in [-0.1, -0.05) is 0 Å². The Hall–Kier alpha value is -1.39. The first kappa shape index (κ1) is 8.70. The number of nitrogens with zero attached hydrogens (tertiary/aromatic N) is 1. The SMILES string of the molecule is CCOC(=O)C1C[C]=NNC1=O. The minimum atomic E-state index is -0.776. The lowest BCUT2D eigenvalue weighted by Gasteiger charge is -2.13. The molecule has 0 fully saturated rings. The molecule has 0 aromatic carbocycles. The number of hydrazone groups is 1. The van der Waals surface area contributed by atoms with Crippen LogP contribution < -0.4 is 5.43 Å². The maximum atomic E-state index is 11.0. The van der Waals surface area contributed by atoms with Crippen LogP contribution in [0.2, 0.25) is 0 Å². The highest BCUT2D eigenvalue weighted by molar-refractivity contribution is 6.01. The van der Waals surface area contributed by atoms with E-state index in [9.17, 15) is 9.59 Å². The molecule has 0 bridgehead atoms. The fourth-order valence-corrected chi connectivity index (χ4v) is 0.835. The topological polar surface area (TPSA) is 67.8 Å².